The molecule has 1 amide bonds. The van der Waals surface area contributed by atoms with Crippen LogP contribution >= 0.6 is 0 Å². The number of benzene rings is 1. The van der Waals surface area contributed by atoms with Crippen LogP contribution in [0.1, 0.15) is 47.4 Å². The molecule has 1 aromatic carbocycles. The molecule has 1 aliphatic carbocycles. The summed E-state index contributed by atoms with van der Waals surface area (Å²) in [5, 5.41) is 6.77. The average molecular weight is 393 g/mol. The fourth-order valence-electron chi connectivity index (χ4n) is 4.06. The summed E-state index contributed by atoms with van der Waals surface area (Å²) in [6, 6.07) is 11.0. The van der Waals surface area contributed by atoms with Gasteiger partial charge in [0.25, 0.3) is 0 Å². The second-order valence-corrected chi connectivity index (χ2v) is 7.73. The van der Waals surface area contributed by atoms with Gasteiger partial charge in [-0.15, -0.1) is 0 Å². The minimum absolute atomic E-state index is 0.147. The third kappa shape index (κ3) is 4.10. The van der Waals surface area contributed by atoms with E-state index < -0.39 is 6.04 Å². The van der Waals surface area contributed by atoms with Crippen LogP contribution in [0.25, 0.3) is 0 Å². The Bertz CT molecular complexity index is 992. The fraction of sp³-hybridized carbons (Fsp3) is 0.409. The van der Waals surface area contributed by atoms with Crippen molar-refractivity contribution < 1.29 is 9.32 Å². The summed E-state index contributed by atoms with van der Waals surface area (Å²) in [5.74, 6) is 1.93. The molecule has 1 atom stereocenters. The van der Waals surface area contributed by atoms with E-state index >= 15 is 0 Å². The van der Waals surface area contributed by atoms with Gasteiger partial charge in [0.1, 0.15) is 17.6 Å². The standard InChI is InChI=1S/C22H27N5O2/c1-15-13-19(25-29-15)24-22(28)21(16-9-5-4-6-10-16)26(2)14-20-23-17-11-7-8-12-18(17)27(20)3/h4-6,9-10,13,21H,7-8,11-12,14H2,1-3H3,(H,24,25,28). The number of nitrogens with zero attached hydrogens (tertiary/aromatic N) is 4. The van der Waals surface area contributed by atoms with Crippen LogP contribution in [0, 0.1) is 6.92 Å². The molecule has 1 unspecified atom stereocenters. The van der Waals surface area contributed by atoms with E-state index in [0.29, 0.717) is 18.1 Å². The van der Waals surface area contributed by atoms with Gasteiger partial charge in [-0.3, -0.25) is 9.69 Å². The first kappa shape index (κ1) is 19.4. The Labute approximate surface area is 170 Å². The first-order chi connectivity index (χ1) is 14.0. The minimum Gasteiger partial charge on any atom is -0.360 e. The number of imidazole rings is 1. The van der Waals surface area contributed by atoms with Crippen LogP contribution < -0.4 is 5.32 Å². The maximum absolute atomic E-state index is 13.2. The van der Waals surface area contributed by atoms with Crippen molar-refractivity contribution in [3.8, 4) is 0 Å². The van der Waals surface area contributed by atoms with Crippen molar-refractivity contribution in [2.45, 2.75) is 45.2 Å². The lowest BCUT2D eigenvalue weighted by Gasteiger charge is -2.27. The highest BCUT2D eigenvalue weighted by Crippen LogP contribution is 2.26. The quantitative estimate of drug-likeness (QED) is 0.695. The lowest BCUT2D eigenvalue weighted by molar-refractivity contribution is -0.121. The number of carbonyl (C=O) groups excluding carboxylic acids is 1. The summed E-state index contributed by atoms with van der Waals surface area (Å²) in [6.45, 7) is 2.38. The van der Waals surface area contributed by atoms with Gasteiger partial charge in [0.2, 0.25) is 5.91 Å². The van der Waals surface area contributed by atoms with Crippen molar-refractivity contribution in [3.05, 3.63) is 64.9 Å². The molecule has 0 aliphatic heterocycles. The number of nitrogens with one attached hydrogen (secondary N) is 1. The monoisotopic (exact) mass is 393 g/mol. The summed E-state index contributed by atoms with van der Waals surface area (Å²) in [5.41, 5.74) is 3.46. The van der Waals surface area contributed by atoms with E-state index in [-0.39, 0.29) is 5.91 Å². The maximum atomic E-state index is 13.2. The normalized spacial score (nSPS) is 14.6. The van der Waals surface area contributed by atoms with E-state index in [9.17, 15) is 4.79 Å². The molecule has 2 aromatic heterocycles. The van der Waals surface area contributed by atoms with Gasteiger partial charge in [-0.1, -0.05) is 35.5 Å². The van der Waals surface area contributed by atoms with Gasteiger partial charge >= 0.3 is 0 Å². The lowest BCUT2D eigenvalue weighted by atomic mass is 10.0. The first-order valence-corrected chi connectivity index (χ1v) is 10.1. The third-order valence-electron chi connectivity index (χ3n) is 5.54. The SMILES string of the molecule is Cc1cc(NC(=O)C(c2ccccc2)N(C)Cc2nc3c(n2C)CCCC3)no1. The van der Waals surface area contributed by atoms with E-state index in [2.05, 4.69) is 22.1 Å². The van der Waals surface area contributed by atoms with Crippen molar-refractivity contribution >= 4 is 11.7 Å². The summed E-state index contributed by atoms with van der Waals surface area (Å²) in [7, 11) is 4.04. The number of fused-ring (bicyclic) bond motifs is 1. The number of likely N-dealkylation sites (N-methyl/N-ethyl adjacent to an activating group) is 1. The van der Waals surface area contributed by atoms with Crippen molar-refractivity contribution in [3.63, 3.8) is 0 Å². The highest BCUT2D eigenvalue weighted by atomic mass is 16.5. The van der Waals surface area contributed by atoms with Crippen LogP contribution in [0.3, 0.4) is 0 Å². The van der Waals surface area contributed by atoms with Crippen molar-refractivity contribution in [2.75, 3.05) is 12.4 Å². The Hall–Kier alpha value is -2.93. The van der Waals surface area contributed by atoms with Crippen LogP contribution in [-0.4, -0.2) is 32.6 Å². The Kier molecular flexibility index (Phi) is 5.49. The van der Waals surface area contributed by atoms with Crippen molar-refractivity contribution in [2.24, 2.45) is 7.05 Å². The zero-order valence-electron chi connectivity index (χ0n) is 17.2. The largest absolute Gasteiger partial charge is 0.360 e. The van der Waals surface area contributed by atoms with Crippen molar-refractivity contribution in [1.29, 1.82) is 0 Å². The van der Waals surface area contributed by atoms with Gasteiger partial charge in [0, 0.05) is 18.8 Å². The molecule has 1 aliphatic rings. The number of hydrogen-bond donors (Lipinski definition) is 1. The number of amides is 1. The van der Waals surface area contributed by atoms with Crippen LogP contribution in [0.5, 0.6) is 0 Å². The minimum atomic E-state index is -0.470. The van der Waals surface area contributed by atoms with Gasteiger partial charge in [-0.25, -0.2) is 4.98 Å². The highest BCUT2D eigenvalue weighted by Gasteiger charge is 2.28. The van der Waals surface area contributed by atoms with E-state index in [0.717, 1.165) is 24.2 Å². The van der Waals surface area contributed by atoms with Crippen LogP contribution in [0.15, 0.2) is 40.9 Å². The van der Waals surface area contributed by atoms with E-state index in [1.807, 2.05) is 42.3 Å². The third-order valence-corrected chi connectivity index (χ3v) is 5.54. The van der Waals surface area contributed by atoms with Gasteiger partial charge in [-0.05, 0) is 45.2 Å². The summed E-state index contributed by atoms with van der Waals surface area (Å²) in [4.78, 5) is 20.1. The molecule has 152 valence electrons. The molecular weight excluding hydrogens is 366 g/mol. The Balaban J connectivity index is 1.59. The Morgan fingerprint density at radius 2 is 2.03 bits per heavy atom. The van der Waals surface area contributed by atoms with Crippen LogP contribution in [0.4, 0.5) is 5.82 Å². The number of carbonyl (C=O) groups is 1. The predicted octanol–water partition coefficient (Wildman–Crippen LogP) is 3.41. The molecule has 0 radical (unpaired) electrons. The molecule has 3 aromatic rings. The number of aryl methyl sites for hydroxylation is 2. The molecule has 2 heterocycles. The van der Waals surface area contributed by atoms with Gasteiger partial charge in [-0.2, -0.15) is 0 Å². The first-order valence-electron chi connectivity index (χ1n) is 10.1. The van der Waals surface area contributed by atoms with E-state index in [4.69, 9.17) is 9.51 Å². The Morgan fingerprint density at radius 1 is 1.28 bits per heavy atom. The predicted molar refractivity (Wildman–Crippen MR) is 110 cm³/mol. The number of hydrogen-bond acceptors (Lipinski definition) is 5. The van der Waals surface area contributed by atoms with Gasteiger partial charge in [0.05, 0.1) is 12.2 Å². The molecule has 7 heteroatoms. The van der Waals surface area contributed by atoms with E-state index in [1.165, 1.54) is 24.2 Å². The number of anilines is 1. The highest BCUT2D eigenvalue weighted by molar-refractivity contribution is 5.94. The number of aromatic nitrogens is 3. The summed E-state index contributed by atoms with van der Waals surface area (Å²) >= 11 is 0. The smallest absolute Gasteiger partial charge is 0.247 e. The Morgan fingerprint density at radius 3 is 2.72 bits per heavy atom. The van der Waals surface area contributed by atoms with Gasteiger partial charge < -0.3 is 14.4 Å². The summed E-state index contributed by atoms with van der Waals surface area (Å²) in [6.07, 6.45) is 4.54. The molecule has 0 saturated heterocycles. The zero-order chi connectivity index (χ0) is 20.4. The maximum Gasteiger partial charge on any atom is 0.247 e. The van der Waals surface area contributed by atoms with E-state index in [1.54, 1.807) is 13.0 Å². The van der Waals surface area contributed by atoms with Gasteiger partial charge in [0.15, 0.2) is 5.82 Å². The second kappa shape index (κ2) is 8.21. The molecule has 7 nitrogen and oxygen atoms in total. The molecule has 4 rings (SSSR count). The lowest BCUT2D eigenvalue weighted by Crippen LogP contribution is -2.35. The fourth-order valence-corrected chi connectivity index (χ4v) is 4.06. The molecule has 1 N–H and O–H groups in total. The molecular formula is C22H27N5O2. The van der Waals surface area contributed by atoms with Crippen LogP contribution in [0.2, 0.25) is 0 Å². The van der Waals surface area contributed by atoms with Crippen LogP contribution in [-0.2, 0) is 31.2 Å². The summed E-state index contributed by atoms with van der Waals surface area (Å²) < 4.78 is 7.28. The van der Waals surface area contributed by atoms with Crippen molar-refractivity contribution in [1.82, 2.24) is 19.6 Å². The topological polar surface area (TPSA) is 76.2 Å². The molecule has 0 saturated carbocycles. The average Bonchev–Trinajstić information content (AvgIpc) is 3.26. The molecule has 0 spiro atoms. The molecule has 29 heavy (non-hydrogen) atoms. The molecule has 0 bridgehead atoms. The number of rotatable bonds is 6. The zero-order valence-corrected chi connectivity index (χ0v) is 17.2. The molecule has 0 fully saturated rings. The second-order valence-electron chi connectivity index (χ2n) is 7.73.